The average Bonchev–Trinajstić information content (AvgIpc) is 2.71. The summed E-state index contributed by atoms with van der Waals surface area (Å²) in [4.78, 5) is 24.4. The molecule has 1 saturated heterocycles. The largest absolute Gasteiger partial charge is 0.480 e. The first kappa shape index (κ1) is 15.1. The van der Waals surface area contributed by atoms with Gasteiger partial charge in [0.05, 0.1) is 5.37 Å². The maximum atomic E-state index is 11.9. The van der Waals surface area contributed by atoms with E-state index in [1.54, 1.807) is 0 Å². The van der Waals surface area contributed by atoms with Crippen molar-refractivity contribution >= 4 is 23.8 Å². The second-order valence-corrected chi connectivity index (χ2v) is 5.48. The van der Waals surface area contributed by atoms with Crippen molar-refractivity contribution in [3.05, 3.63) is 0 Å². The van der Waals surface area contributed by atoms with Crippen LogP contribution in [0.15, 0.2) is 0 Å². The molecule has 0 spiro atoms. The molecule has 2 amide bonds. The molecule has 2 unspecified atom stereocenters. The van der Waals surface area contributed by atoms with Crippen molar-refractivity contribution in [2.24, 2.45) is 0 Å². The molecule has 18 heavy (non-hydrogen) atoms. The van der Waals surface area contributed by atoms with Crippen LogP contribution in [0.3, 0.4) is 0 Å². The molecule has 104 valence electrons. The number of aliphatic carboxylic acids is 1. The highest BCUT2D eigenvalue weighted by atomic mass is 32.2. The first-order valence-electron chi connectivity index (χ1n) is 6.19. The topological polar surface area (TPSA) is 81.7 Å². The molecule has 3 N–H and O–H groups in total. The van der Waals surface area contributed by atoms with Crippen molar-refractivity contribution in [3.8, 4) is 0 Å². The van der Waals surface area contributed by atoms with Crippen molar-refractivity contribution in [1.82, 2.24) is 15.5 Å². The van der Waals surface area contributed by atoms with Gasteiger partial charge in [0.2, 0.25) is 0 Å². The Morgan fingerprint density at radius 1 is 1.44 bits per heavy atom. The third kappa shape index (κ3) is 4.06. The van der Waals surface area contributed by atoms with E-state index in [2.05, 4.69) is 10.6 Å². The zero-order valence-electron chi connectivity index (χ0n) is 10.8. The lowest BCUT2D eigenvalue weighted by atomic mass is 10.3. The fourth-order valence-electron chi connectivity index (χ4n) is 1.82. The SMILES string of the molecule is CCNCCCNC(=O)N1C(C)SCC1C(=O)O. The zero-order chi connectivity index (χ0) is 13.5. The molecule has 0 aromatic heterocycles. The van der Waals surface area contributed by atoms with Crippen molar-refractivity contribution in [1.29, 1.82) is 0 Å². The first-order valence-corrected chi connectivity index (χ1v) is 7.24. The van der Waals surface area contributed by atoms with Crippen LogP contribution in [-0.4, -0.2) is 58.8 Å². The van der Waals surface area contributed by atoms with Crippen LogP contribution in [0, 0.1) is 0 Å². The highest BCUT2D eigenvalue weighted by Crippen LogP contribution is 2.28. The van der Waals surface area contributed by atoms with Gasteiger partial charge in [-0.25, -0.2) is 9.59 Å². The molecule has 1 aliphatic rings. The van der Waals surface area contributed by atoms with Gasteiger partial charge in [0, 0.05) is 12.3 Å². The van der Waals surface area contributed by atoms with Gasteiger partial charge in [-0.2, -0.15) is 0 Å². The molecule has 1 aliphatic heterocycles. The molecule has 0 radical (unpaired) electrons. The summed E-state index contributed by atoms with van der Waals surface area (Å²) >= 11 is 1.49. The maximum Gasteiger partial charge on any atom is 0.327 e. The lowest BCUT2D eigenvalue weighted by Gasteiger charge is -2.25. The number of carbonyl (C=O) groups is 2. The van der Waals surface area contributed by atoms with Crippen LogP contribution in [0.2, 0.25) is 0 Å². The number of nitrogens with one attached hydrogen (secondary N) is 2. The normalized spacial score (nSPS) is 23.1. The van der Waals surface area contributed by atoms with Gasteiger partial charge < -0.3 is 15.7 Å². The molecule has 1 heterocycles. The molecule has 0 aromatic rings. The number of amides is 2. The van der Waals surface area contributed by atoms with Gasteiger partial charge in [0.25, 0.3) is 0 Å². The summed E-state index contributed by atoms with van der Waals surface area (Å²) in [6.45, 7) is 6.20. The zero-order valence-corrected chi connectivity index (χ0v) is 11.6. The summed E-state index contributed by atoms with van der Waals surface area (Å²) in [5.74, 6) is -0.476. The first-order chi connectivity index (χ1) is 8.57. The predicted molar refractivity (Wildman–Crippen MR) is 71.7 cm³/mol. The fourth-order valence-corrected chi connectivity index (χ4v) is 2.99. The highest BCUT2D eigenvalue weighted by molar-refractivity contribution is 8.00. The molecule has 2 atom stereocenters. The van der Waals surface area contributed by atoms with Crippen molar-refractivity contribution in [2.45, 2.75) is 31.7 Å². The Morgan fingerprint density at radius 3 is 2.78 bits per heavy atom. The van der Waals surface area contributed by atoms with Gasteiger partial charge in [0.1, 0.15) is 6.04 Å². The van der Waals surface area contributed by atoms with Crippen LogP contribution in [0.5, 0.6) is 0 Å². The number of hydrogen-bond acceptors (Lipinski definition) is 4. The van der Waals surface area contributed by atoms with E-state index >= 15 is 0 Å². The minimum Gasteiger partial charge on any atom is -0.480 e. The third-order valence-electron chi connectivity index (χ3n) is 2.80. The summed E-state index contributed by atoms with van der Waals surface area (Å²) in [5, 5.41) is 14.9. The number of thioether (sulfide) groups is 1. The molecule has 0 saturated carbocycles. The smallest absolute Gasteiger partial charge is 0.327 e. The molecule has 1 rings (SSSR count). The summed E-state index contributed by atoms with van der Waals surface area (Å²) in [5.41, 5.74) is 0. The minimum atomic E-state index is -0.936. The Hall–Kier alpha value is -0.950. The van der Waals surface area contributed by atoms with Gasteiger partial charge in [-0.1, -0.05) is 6.92 Å². The number of carboxylic acids is 1. The Labute approximate surface area is 111 Å². The van der Waals surface area contributed by atoms with Gasteiger partial charge in [-0.3, -0.25) is 4.90 Å². The number of nitrogens with zero attached hydrogens (tertiary/aromatic N) is 1. The van der Waals surface area contributed by atoms with Crippen molar-refractivity contribution in [3.63, 3.8) is 0 Å². The number of carbonyl (C=O) groups excluding carboxylic acids is 1. The number of rotatable bonds is 6. The van der Waals surface area contributed by atoms with Gasteiger partial charge in [0.15, 0.2) is 0 Å². The van der Waals surface area contributed by atoms with E-state index in [0.717, 1.165) is 19.5 Å². The average molecular weight is 275 g/mol. The lowest BCUT2D eigenvalue weighted by Crippen LogP contribution is -2.49. The van der Waals surface area contributed by atoms with E-state index in [-0.39, 0.29) is 11.4 Å². The Kier molecular flexibility index (Phi) is 6.28. The molecular formula is C11H21N3O3S. The summed E-state index contributed by atoms with van der Waals surface area (Å²) in [6.07, 6.45) is 0.840. The summed E-state index contributed by atoms with van der Waals surface area (Å²) in [6, 6.07) is -0.991. The lowest BCUT2D eigenvalue weighted by molar-refractivity contribution is -0.141. The molecule has 1 fully saturated rings. The second-order valence-electron chi connectivity index (χ2n) is 4.13. The quantitative estimate of drug-likeness (QED) is 0.617. The Bertz CT molecular complexity index is 301. The van der Waals surface area contributed by atoms with Gasteiger partial charge in [-0.15, -0.1) is 11.8 Å². The van der Waals surface area contributed by atoms with E-state index in [1.165, 1.54) is 16.7 Å². The number of urea groups is 1. The Morgan fingerprint density at radius 2 is 2.17 bits per heavy atom. The van der Waals surface area contributed by atoms with Crippen molar-refractivity contribution < 1.29 is 14.7 Å². The van der Waals surface area contributed by atoms with Gasteiger partial charge >= 0.3 is 12.0 Å². The summed E-state index contributed by atoms with van der Waals surface area (Å²) < 4.78 is 0. The van der Waals surface area contributed by atoms with Crippen LogP contribution in [0.1, 0.15) is 20.3 Å². The maximum absolute atomic E-state index is 11.9. The van der Waals surface area contributed by atoms with E-state index < -0.39 is 12.0 Å². The third-order valence-corrected chi connectivity index (χ3v) is 4.02. The van der Waals surface area contributed by atoms with E-state index in [1.807, 2.05) is 13.8 Å². The fraction of sp³-hybridized carbons (Fsp3) is 0.818. The van der Waals surface area contributed by atoms with E-state index in [0.29, 0.717) is 12.3 Å². The predicted octanol–water partition coefficient (Wildman–Crippen LogP) is 0.544. The molecular weight excluding hydrogens is 254 g/mol. The van der Waals surface area contributed by atoms with Crippen LogP contribution < -0.4 is 10.6 Å². The van der Waals surface area contributed by atoms with Crippen LogP contribution in [-0.2, 0) is 4.79 Å². The number of hydrogen-bond donors (Lipinski definition) is 3. The van der Waals surface area contributed by atoms with Gasteiger partial charge in [-0.05, 0) is 26.4 Å². The number of carboxylic acid groups (broad SMARTS) is 1. The summed E-state index contributed by atoms with van der Waals surface area (Å²) in [7, 11) is 0. The molecule has 0 bridgehead atoms. The highest BCUT2D eigenvalue weighted by Gasteiger charge is 2.39. The molecule has 0 aromatic carbocycles. The van der Waals surface area contributed by atoms with Crippen LogP contribution >= 0.6 is 11.8 Å². The van der Waals surface area contributed by atoms with E-state index in [9.17, 15) is 9.59 Å². The monoisotopic (exact) mass is 275 g/mol. The van der Waals surface area contributed by atoms with Crippen molar-refractivity contribution in [2.75, 3.05) is 25.4 Å². The standard InChI is InChI=1S/C11H21N3O3S/c1-3-12-5-4-6-13-11(17)14-8(2)18-7-9(14)10(15)16/h8-9,12H,3-7H2,1-2H3,(H,13,17)(H,15,16). The Balaban J connectivity index is 2.37. The van der Waals surface area contributed by atoms with E-state index in [4.69, 9.17) is 5.11 Å². The molecule has 0 aliphatic carbocycles. The minimum absolute atomic E-state index is 0.0835. The van der Waals surface area contributed by atoms with Crippen LogP contribution in [0.4, 0.5) is 4.79 Å². The van der Waals surface area contributed by atoms with Crippen LogP contribution in [0.25, 0.3) is 0 Å². The second kappa shape index (κ2) is 7.48. The molecule has 6 nitrogen and oxygen atoms in total. The molecule has 7 heteroatoms.